The van der Waals surface area contributed by atoms with Crippen LogP contribution in [-0.4, -0.2) is 77.3 Å². The van der Waals surface area contributed by atoms with Crippen molar-refractivity contribution in [3.63, 3.8) is 0 Å². The summed E-state index contributed by atoms with van der Waals surface area (Å²) in [5.74, 6) is 2.98. The highest BCUT2D eigenvalue weighted by Gasteiger charge is 2.20. The lowest BCUT2D eigenvalue weighted by molar-refractivity contribution is 0.121. The van der Waals surface area contributed by atoms with Crippen LogP contribution in [0.2, 0.25) is 0 Å². The average Bonchev–Trinajstić information content (AvgIpc) is 3.30. The molecule has 0 aliphatic carbocycles. The Balaban J connectivity index is 1.53. The zero-order valence-electron chi connectivity index (χ0n) is 17.1. The second-order valence-electron chi connectivity index (χ2n) is 7.41. The molecule has 0 amide bonds. The summed E-state index contributed by atoms with van der Waals surface area (Å²) in [6.07, 6.45) is 1.72. The molecule has 4 heterocycles. The number of aromatic nitrogens is 5. The number of ether oxygens (including phenoxy) is 2. The lowest BCUT2D eigenvalue weighted by Gasteiger charge is -2.31. The Morgan fingerprint density at radius 3 is 2.23 bits per heavy atom. The van der Waals surface area contributed by atoms with Gasteiger partial charge in [0.2, 0.25) is 5.95 Å². The van der Waals surface area contributed by atoms with Gasteiger partial charge in [0, 0.05) is 37.8 Å². The third kappa shape index (κ3) is 3.86. The Morgan fingerprint density at radius 1 is 0.833 bits per heavy atom. The van der Waals surface area contributed by atoms with E-state index < -0.39 is 0 Å². The SMILES string of the molecule is Cc1ccccc1-c1ncn(-c2cc(N3CCOCC3)nc(N3CCOCC3)n2)n1. The number of hydrogen-bond acceptors (Lipinski definition) is 8. The molecule has 0 unspecified atom stereocenters. The summed E-state index contributed by atoms with van der Waals surface area (Å²) in [7, 11) is 0. The van der Waals surface area contributed by atoms with Crippen molar-refractivity contribution in [2.45, 2.75) is 6.92 Å². The highest BCUT2D eigenvalue weighted by molar-refractivity contribution is 5.59. The smallest absolute Gasteiger partial charge is 0.229 e. The van der Waals surface area contributed by atoms with E-state index in [0.717, 1.165) is 43.1 Å². The van der Waals surface area contributed by atoms with Crippen LogP contribution in [0.3, 0.4) is 0 Å². The van der Waals surface area contributed by atoms with Crippen molar-refractivity contribution >= 4 is 11.8 Å². The van der Waals surface area contributed by atoms with Crippen molar-refractivity contribution in [1.29, 1.82) is 0 Å². The van der Waals surface area contributed by atoms with Crippen LogP contribution in [0.5, 0.6) is 0 Å². The second kappa shape index (κ2) is 8.37. The Morgan fingerprint density at radius 2 is 1.50 bits per heavy atom. The molecule has 1 aromatic carbocycles. The van der Waals surface area contributed by atoms with Gasteiger partial charge in [-0.3, -0.25) is 0 Å². The molecule has 0 saturated carbocycles. The molecule has 5 rings (SSSR count). The number of nitrogens with zero attached hydrogens (tertiary/aromatic N) is 7. The second-order valence-corrected chi connectivity index (χ2v) is 7.41. The lowest BCUT2D eigenvalue weighted by atomic mass is 10.1. The van der Waals surface area contributed by atoms with Crippen LogP contribution in [-0.2, 0) is 9.47 Å². The average molecular weight is 407 g/mol. The van der Waals surface area contributed by atoms with E-state index in [4.69, 9.17) is 24.5 Å². The molecule has 2 fully saturated rings. The van der Waals surface area contributed by atoms with Gasteiger partial charge in [0.05, 0.1) is 26.4 Å². The maximum Gasteiger partial charge on any atom is 0.229 e. The molecule has 0 bridgehead atoms. The normalized spacial score (nSPS) is 17.4. The van der Waals surface area contributed by atoms with Crippen LogP contribution in [0.25, 0.3) is 17.2 Å². The van der Waals surface area contributed by atoms with E-state index in [1.54, 1.807) is 11.0 Å². The standard InChI is InChI=1S/C21H25N7O2/c1-16-4-2-3-5-17(16)20-22-15-28(25-20)19-14-18(26-6-10-29-11-7-26)23-21(24-19)27-8-12-30-13-9-27/h2-5,14-15H,6-13H2,1H3. The first-order chi connectivity index (χ1) is 14.8. The third-order valence-electron chi connectivity index (χ3n) is 5.43. The maximum absolute atomic E-state index is 5.51. The monoisotopic (exact) mass is 407 g/mol. The van der Waals surface area contributed by atoms with Gasteiger partial charge in [-0.25, -0.2) is 9.67 Å². The van der Waals surface area contributed by atoms with E-state index >= 15 is 0 Å². The lowest BCUT2D eigenvalue weighted by Crippen LogP contribution is -2.39. The molecule has 0 atom stereocenters. The van der Waals surface area contributed by atoms with Crippen LogP contribution >= 0.6 is 0 Å². The first-order valence-electron chi connectivity index (χ1n) is 10.3. The fourth-order valence-corrected chi connectivity index (χ4v) is 3.71. The minimum Gasteiger partial charge on any atom is -0.378 e. The zero-order chi connectivity index (χ0) is 20.3. The van der Waals surface area contributed by atoms with E-state index in [9.17, 15) is 0 Å². The molecule has 0 N–H and O–H groups in total. The minimum atomic E-state index is 0.682. The van der Waals surface area contributed by atoms with Crippen molar-refractivity contribution in [3.8, 4) is 17.2 Å². The summed E-state index contributed by atoms with van der Waals surface area (Å²) >= 11 is 0. The molecule has 2 aliphatic rings. The van der Waals surface area contributed by atoms with Crippen LogP contribution in [0.4, 0.5) is 11.8 Å². The van der Waals surface area contributed by atoms with Gasteiger partial charge in [-0.1, -0.05) is 24.3 Å². The molecule has 30 heavy (non-hydrogen) atoms. The fraction of sp³-hybridized carbons (Fsp3) is 0.429. The molecular formula is C21H25N7O2. The Bertz CT molecular complexity index is 974. The Labute approximate surface area is 175 Å². The van der Waals surface area contributed by atoms with Crippen molar-refractivity contribution in [3.05, 3.63) is 42.2 Å². The van der Waals surface area contributed by atoms with Crippen LogP contribution in [0.1, 0.15) is 5.56 Å². The molecule has 3 aromatic rings. The van der Waals surface area contributed by atoms with Crippen molar-refractivity contribution < 1.29 is 9.47 Å². The van der Waals surface area contributed by atoms with Crippen LogP contribution < -0.4 is 9.80 Å². The zero-order valence-corrected chi connectivity index (χ0v) is 17.1. The van der Waals surface area contributed by atoms with Gasteiger partial charge in [-0.2, -0.15) is 9.97 Å². The summed E-state index contributed by atoms with van der Waals surface area (Å²) in [4.78, 5) is 18.6. The van der Waals surface area contributed by atoms with Crippen molar-refractivity contribution in [2.24, 2.45) is 0 Å². The Hall–Kier alpha value is -3.04. The summed E-state index contributed by atoms with van der Waals surface area (Å²) in [5, 5.41) is 4.71. The van der Waals surface area contributed by atoms with Crippen LogP contribution in [0.15, 0.2) is 36.7 Å². The van der Waals surface area contributed by atoms with Crippen molar-refractivity contribution in [2.75, 3.05) is 62.4 Å². The van der Waals surface area contributed by atoms with E-state index in [2.05, 4.69) is 27.8 Å². The van der Waals surface area contributed by atoms with Gasteiger partial charge in [0.15, 0.2) is 11.6 Å². The molecule has 9 nitrogen and oxygen atoms in total. The first-order valence-corrected chi connectivity index (χ1v) is 10.3. The van der Waals surface area contributed by atoms with Gasteiger partial charge in [0.1, 0.15) is 12.1 Å². The molecule has 2 aliphatic heterocycles. The fourth-order valence-electron chi connectivity index (χ4n) is 3.71. The number of aryl methyl sites for hydroxylation is 1. The summed E-state index contributed by atoms with van der Waals surface area (Å²) in [5.41, 5.74) is 2.16. The highest BCUT2D eigenvalue weighted by Crippen LogP contribution is 2.23. The number of morpholine rings is 2. The predicted molar refractivity (Wildman–Crippen MR) is 113 cm³/mol. The molecule has 9 heteroatoms. The number of benzene rings is 1. The summed E-state index contributed by atoms with van der Waals surface area (Å²) in [6, 6.07) is 10.1. The minimum absolute atomic E-state index is 0.682. The Kier molecular flexibility index (Phi) is 5.29. The van der Waals surface area contributed by atoms with Gasteiger partial charge in [-0.05, 0) is 12.5 Å². The predicted octanol–water partition coefficient (Wildman–Crippen LogP) is 1.71. The highest BCUT2D eigenvalue weighted by atomic mass is 16.5. The van der Waals surface area contributed by atoms with Gasteiger partial charge in [0.25, 0.3) is 0 Å². The number of hydrogen-bond donors (Lipinski definition) is 0. The quantitative estimate of drug-likeness (QED) is 0.647. The number of rotatable bonds is 4. The number of anilines is 2. The molecule has 0 spiro atoms. The van der Waals surface area contributed by atoms with E-state index in [-0.39, 0.29) is 0 Å². The van der Waals surface area contributed by atoms with E-state index in [1.807, 2.05) is 24.3 Å². The summed E-state index contributed by atoms with van der Waals surface area (Å²) < 4.78 is 12.7. The maximum atomic E-state index is 5.51. The van der Waals surface area contributed by atoms with Gasteiger partial charge in [-0.15, -0.1) is 5.10 Å². The van der Waals surface area contributed by atoms with E-state index in [1.165, 1.54) is 0 Å². The first kappa shape index (κ1) is 19.0. The van der Waals surface area contributed by atoms with Crippen LogP contribution in [0, 0.1) is 6.92 Å². The molecular weight excluding hydrogens is 382 g/mol. The van der Waals surface area contributed by atoms with Gasteiger partial charge >= 0.3 is 0 Å². The largest absolute Gasteiger partial charge is 0.378 e. The third-order valence-corrected chi connectivity index (χ3v) is 5.43. The molecule has 156 valence electrons. The topological polar surface area (TPSA) is 81.4 Å². The summed E-state index contributed by atoms with van der Waals surface area (Å²) in [6.45, 7) is 8.00. The van der Waals surface area contributed by atoms with Gasteiger partial charge < -0.3 is 19.3 Å². The van der Waals surface area contributed by atoms with Crippen molar-refractivity contribution in [1.82, 2.24) is 24.7 Å². The molecule has 0 radical (unpaired) electrons. The molecule has 2 aromatic heterocycles. The van der Waals surface area contributed by atoms with E-state index in [0.29, 0.717) is 44.0 Å². The molecule has 2 saturated heterocycles.